The predicted octanol–water partition coefficient (Wildman–Crippen LogP) is 3.91. The van der Waals surface area contributed by atoms with E-state index in [4.69, 9.17) is 0 Å². The predicted molar refractivity (Wildman–Crippen MR) is 85.3 cm³/mol. The highest BCUT2D eigenvalue weighted by Crippen LogP contribution is 2.21. The van der Waals surface area contributed by atoms with Gasteiger partial charge in [0.05, 0.1) is 6.54 Å². The van der Waals surface area contributed by atoms with Crippen molar-refractivity contribution in [2.75, 3.05) is 18.0 Å². The standard InChI is InChI=1S/C18H20N2O/c21-18(19-13-7-8-14-19)20(17-11-5-2-6-12-17)15-16-9-3-1-4-10-16/h1-6,9-12H,7-8,13-15H2. The van der Waals surface area contributed by atoms with Gasteiger partial charge >= 0.3 is 6.03 Å². The van der Waals surface area contributed by atoms with Crippen molar-refractivity contribution < 1.29 is 4.79 Å². The van der Waals surface area contributed by atoms with Gasteiger partial charge in [0.2, 0.25) is 0 Å². The first-order valence-electron chi connectivity index (χ1n) is 7.50. The highest BCUT2D eigenvalue weighted by molar-refractivity contribution is 5.92. The molecule has 0 spiro atoms. The second kappa shape index (κ2) is 6.44. The molecule has 108 valence electrons. The molecular formula is C18H20N2O. The lowest BCUT2D eigenvalue weighted by atomic mass is 10.2. The van der Waals surface area contributed by atoms with E-state index in [-0.39, 0.29) is 6.03 Å². The Morgan fingerprint density at radius 3 is 2.10 bits per heavy atom. The lowest BCUT2D eigenvalue weighted by Crippen LogP contribution is -2.41. The average molecular weight is 280 g/mol. The maximum absolute atomic E-state index is 12.8. The van der Waals surface area contributed by atoms with Gasteiger partial charge in [0, 0.05) is 18.8 Å². The Balaban J connectivity index is 1.85. The van der Waals surface area contributed by atoms with Crippen molar-refractivity contribution >= 4 is 11.7 Å². The van der Waals surface area contributed by atoms with Gasteiger partial charge in [0.25, 0.3) is 0 Å². The Bertz CT molecular complexity index is 577. The van der Waals surface area contributed by atoms with E-state index in [2.05, 4.69) is 12.1 Å². The summed E-state index contributed by atoms with van der Waals surface area (Å²) in [5, 5.41) is 0. The molecule has 0 unspecified atom stereocenters. The number of anilines is 1. The number of hydrogen-bond donors (Lipinski definition) is 0. The minimum absolute atomic E-state index is 0.113. The van der Waals surface area contributed by atoms with Crippen LogP contribution in [0, 0.1) is 0 Å². The third kappa shape index (κ3) is 3.24. The van der Waals surface area contributed by atoms with Crippen LogP contribution in [0.4, 0.5) is 10.5 Å². The van der Waals surface area contributed by atoms with Gasteiger partial charge < -0.3 is 4.90 Å². The number of para-hydroxylation sites is 1. The molecule has 3 rings (SSSR count). The molecule has 0 aliphatic carbocycles. The number of hydrogen-bond acceptors (Lipinski definition) is 1. The number of carbonyl (C=O) groups excluding carboxylic acids is 1. The normalized spacial score (nSPS) is 14.2. The lowest BCUT2D eigenvalue weighted by Gasteiger charge is -2.28. The number of carbonyl (C=O) groups is 1. The summed E-state index contributed by atoms with van der Waals surface area (Å²) in [6.07, 6.45) is 2.22. The summed E-state index contributed by atoms with van der Waals surface area (Å²) in [7, 11) is 0. The average Bonchev–Trinajstić information content (AvgIpc) is 3.08. The van der Waals surface area contributed by atoms with Crippen molar-refractivity contribution in [2.24, 2.45) is 0 Å². The number of rotatable bonds is 3. The van der Waals surface area contributed by atoms with Crippen LogP contribution in [0.5, 0.6) is 0 Å². The molecule has 21 heavy (non-hydrogen) atoms. The first-order valence-corrected chi connectivity index (χ1v) is 7.50. The molecule has 0 N–H and O–H groups in total. The smallest absolute Gasteiger partial charge is 0.324 e. The van der Waals surface area contributed by atoms with Gasteiger partial charge in [-0.2, -0.15) is 0 Å². The molecule has 1 heterocycles. The van der Waals surface area contributed by atoms with Crippen LogP contribution in [0.3, 0.4) is 0 Å². The Labute approximate surface area is 125 Å². The summed E-state index contributed by atoms with van der Waals surface area (Å²) in [4.78, 5) is 16.6. The fourth-order valence-electron chi connectivity index (χ4n) is 2.72. The quantitative estimate of drug-likeness (QED) is 0.836. The zero-order valence-corrected chi connectivity index (χ0v) is 12.1. The highest BCUT2D eigenvalue weighted by Gasteiger charge is 2.24. The number of amides is 2. The molecule has 1 aliphatic rings. The lowest BCUT2D eigenvalue weighted by molar-refractivity contribution is 0.215. The van der Waals surface area contributed by atoms with Crippen LogP contribution in [0.15, 0.2) is 60.7 Å². The van der Waals surface area contributed by atoms with E-state index < -0.39 is 0 Å². The molecule has 1 aliphatic heterocycles. The Morgan fingerprint density at radius 1 is 0.905 bits per heavy atom. The van der Waals surface area contributed by atoms with Crippen molar-refractivity contribution in [3.63, 3.8) is 0 Å². The number of likely N-dealkylation sites (tertiary alicyclic amines) is 1. The first kappa shape index (κ1) is 13.7. The van der Waals surface area contributed by atoms with Gasteiger partial charge in [-0.3, -0.25) is 4.90 Å². The maximum Gasteiger partial charge on any atom is 0.324 e. The second-order valence-corrected chi connectivity index (χ2v) is 5.38. The van der Waals surface area contributed by atoms with Crippen molar-refractivity contribution in [1.82, 2.24) is 4.90 Å². The van der Waals surface area contributed by atoms with E-state index in [1.165, 1.54) is 0 Å². The largest absolute Gasteiger partial charge is 0.324 e. The molecule has 2 aromatic carbocycles. The van der Waals surface area contributed by atoms with E-state index in [1.54, 1.807) is 0 Å². The number of urea groups is 1. The highest BCUT2D eigenvalue weighted by atomic mass is 16.2. The summed E-state index contributed by atoms with van der Waals surface area (Å²) in [6.45, 7) is 2.36. The van der Waals surface area contributed by atoms with Crippen molar-refractivity contribution in [3.05, 3.63) is 66.2 Å². The molecular weight excluding hydrogens is 260 g/mol. The first-order chi connectivity index (χ1) is 10.3. The molecule has 1 fully saturated rings. The summed E-state index contributed by atoms with van der Waals surface area (Å²) < 4.78 is 0. The minimum Gasteiger partial charge on any atom is -0.324 e. The Morgan fingerprint density at radius 2 is 1.48 bits per heavy atom. The monoisotopic (exact) mass is 280 g/mol. The van der Waals surface area contributed by atoms with Gasteiger partial charge in [0.15, 0.2) is 0 Å². The summed E-state index contributed by atoms with van der Waals surface area (Å²) in [5.74, 6) is 0. The van der Waals surface area contributed by atoms with Gasteiger partial charge in [-0.05, 0) is 30.5 Å². The third-order valence-electron chi connectivity index (χ3n) is 3.86. The van der Waals surface area contributed by atoms with Crippen LogP contribution in [0.2, 0.25) is 0 Å². The van der Waals surface area contributed by atoms with E-state index in [1.807, 2.05) is 58.3 Å². The van der Waals surface area contributed by atoms with Gasteiger partial charge in [-0.15, -0.1) is 0 Å². The molecule has 2 aromatic rings. The van der Waals surface area contributed by atoms with Crippen LogP contribution in [-0.2, 0) is 6.54 Å². The SMILES string of the molecule is O=C(N1CCCC1)N(Cc1ccccc1)c1ccccc1. The molecule has 3 heteroatoms. The summed E-state index contributed by atoms with van der Waals surface area (Å²) in [5.41, 5.74) is 2.10. The van der Waals surface area contributed by atoms with E-state index in [0.29, 0.717) is 6.54 Å². The van der Waals surface area contributed by atoms with Crippen LogP contribution in [0.1, 0.15) is 18.4 Å². The van der Waals surface area contributed by atoms with Crippen LogP contribution in [0.25, 0.3) is 0 Å². The van der Waals surface area contributed by atoms with Gasteiger partial charge in [-0.1, -0.05) is 48.5 Å². The van der Waals surface area contributed by atoms with E-state index >= 15 is 0 Å². The van der Waals surface area contributed by atoms with E-state index in [0.717, 1.165) is 37.2 Å². The fourth-order valence-corrected chi connectivity index (χ4v) is 2.72. The van der Waals surface area contributed by atoms with Crippen molar-refractivity contribution in [2.45, 2.75) is 19.4 Å². The molecule has 0 aromatic heterocycles. The Hall–Kier alpha value is -2.29. The van der Waals surface area contributed by atoms with Gasteiger partial charge in [0.1, 0.15) is 0 Å². The molecule has 0 saturated carbocycles. The topological polar surface area (TPSA) is 23.6 Å². The zero-order chi connectivity index (χ0) is 14.5. The molecule has 0 radical (unpaired) electrons. The van der Waals surface area contributed by atoms with Crippen molar-refractivity contribution in [1.29, 1.82) is 0 Å². The van der Waals surface area contributed by atoms with Crippen LogP contribution >= 0.6 is 0 Å². The fraction of sp³-hybridized carbons (Fsp3) is 0.278. The maximum atomic E-state index is 12.8. The molecule has 3 nitrogen and oxygen atoms in total. The van der Waals surface area contributed by atoms with Crippen LogP contribution in [-0.4, -0.2) is 24.0 Å². The zero-order valence-electron chi connectivity index (χ0n) is 12.1. The van der Waals surface area contributed by atoms with Crippen LogP contribution < -0.4 is 4.90 Å². The number of nitrogens with zero attached hydrogens (tertiary/aromatic N) is 2. The van der Waals surface area contributed by atoms with Crippen molar-refractivity contribution in [3.8, 4) is 0 Å². The number of benzene rings is 2. The summed E-state index contributed by atoms with van der Waals surface area (Å²) in [6, 6.07) is 20.2. The van der Waals surface area contributed by atoms with E-state index in [9.17, 15) is 4.79 Å². The molecule has 0 bridgehead atoms. The molecule has 2 amide bonds. The Kier molecular flexibility index (Phi) is 4.20. The third-order valence-corrected chi connectivity index (χ3v) is 3.86. The summed E-state index contributed by atoms with van der Waals surface area (Å²) >= 11 is 0. The molecule has 0 atom stereocenters. The molecule has 1 saturated heterocycles. The second-order valence-electron chi connectivity index (χ2n) is 5.38. The minimum atomic E-state index is 0.113. The van der Waals surface area contributed by atoms with Gasteiger partial charge in [-0.25, -0.2) is 4.79 Å².